The zero-order chi connectivity index (χ0) is 12.2. The van der Waals surface area contributed by atoms with Crippen molar-refractivity contribution in [2.75, 3.05) is 13.6 Å². The molecule has 0 bridgehead atoms. The van der Waals surface area contributed by atoms with Crippen LogP contribution in [0.3, 0.4) is 0 Å². The van der Waals surface area contributed by atoms with Crippen LogP contribution in [0.15, 0.2) is 22.7 Å². The van der Waals surface area contributed by atoms with Gasteiger partial charge in [-0.25, -0.2) is 0 Å². The standard InChI is InChI=1S/C13H21BrN2/c1-10-5-6-12(14)7-11(10)8-16-13(2,3)9-15-4/h5-7,15-16H,8-9H2,1-4H3. The number of aryl methyl sites for hydroxylation is 1. The molecule has 0 amide bonds. The average Bonchev–Trinajstić information content (AvgIpc) is 2.19. The summed E-state index contributed by atoms with van der Waals surface area (Å²) in [7, 11) is 1.98. The lowest BCUT2D eigenvalue weighted by molar-refractivity contribution is 0.373. The van der Waals surface area contributed by atoms with Gasteiger partial charge in [0.25, 0.3) is 0 Å². The lowest BCUT2D eigenvalue weighted by Gasteiger charge is -2.26. The van der Waals surface area contributed by atoms with E-state index in [0.29, 0.717) is 0 Å². The van der Waals surface area contributed by atoms with E-state index in [9.17, 15) is 0 Å². The molecular weight excluding hydrogens is 264 g/mol. The van der Waals surface area contributed by atoms with Crippen molar-refractivity contribution in [2.24, 2.45) is 0 Å². The quantitative estimate of drug-likeness (QED) is 0.869. The minimum Gasteiger partial charge on any atom is -0.318 e. The van der Waals surface area contributed by atoms with E-state index in [2.05, 4.69) is 65.5 Å². The fraction of sp³-hybridized carbons (Fsp3) is 0.538. The Bertz CT molecular complexity index is 348. The van der Waals surface area contributed by atoms with E-state index in [0.717, 1.165) is 17.6 Å². The molecule has 0 heterocycles. The van der Waals surface area contributed by atoms with Gasteiger partial charge in [-0.15, -0.1) is 0 Å². The van der Waals surface area contributed by atoms with Crippen molar-refractivity contribution in [1.82, 2.24) is 10.6 Å². The number of benzene rings is 1. The number of likely N-dealkylation sites (N-methyl/N-ethyl adjacent to an activating group) is 1. The summed E-state index contributed by atoms with van der Waals surface area (Å²) in [6.07, 6.45) is 0. The van der Waals surface area contributed by atoms with E-state index in [4.69, 9.17) is 0 Å². The molecule has 0 saturated carbocycles. The monoisotopic (exact) mass is 284 g/mol. The van der Waals surface area contributed by atoms with Crippen molar-refractivity contribution >= 4 is 15.9 Å². The minimum atomic E-state index is 0.115. The molecule has 1 rings (SSSR count). The summed E-state index contributed by atoms with van der Waals surface area (Å²) in [4.78, 5) is 0. The Morgan fingerprint density at radius 1 is 1.31 bits per heavy atom. The zero-order valence-electron chi connectivity index (χ0n) is 10.5. The molecule has 0 fully saturated rings. The first-order valence-electron chi connectivity index (χ1n) is 5.59. The van der Waals surface area contributed by atoms with Gasteiger partial charge >= 0.3 is 0 Å². The maximum absolute atomic E-state index is 3.56. The van der Waals surface area contributed by atoms with E-state index in [-0.39, 0.29) is 5.54 Å². The van der Waals surface area contributed by atoms with Crippen molar-refractivity contribution in [3.8, 4) is 0 Å². The number of hydrogen-bond acceptors (Lipinski definition) is 2. The third-order valence-corrected chi connectivity index (χ3v) is 3.18. The summed E-state index contributed by atoms with van der Waals surface area (Å²) in [6, 6.07) is 6.40. The van der Waals surface area contributed by atoms with Crippen LogP contribution >= 0.6 is 15.9 Å². The van der Waals surface area contributed by atoms with E-state index in [1.54, 1.807) is 0 Å². The van der Waals surface area contributed by atoms with Gasteiger partial charge in [0.15, 0.2) is 0 Å². The lowest BCUT2D eigenvalue weighted by Crippen LogP contribution is -2.46. The molecule has 0 radical (unpaired) electrons. The average molecular weight is 285 g/mol. The highest BCUT2D eigenvalue weighted by atomic mass is 79.9. The zero-order valence-corrected chi connectivity index (χ0v) is 12.1. The third kappa shape index (κ3) is 4.24. The molecule has 2 N–H and O–H groups in total. The summed E-state index contributed by atoms with van der Waals surface area (Å²) in [6.45, 7) is 8.42. The van der Waals surface area contributed by atoms with Crippen LogP contribution in [-0.4, -0.2) is 19.1 Å². The van der Waals surface area contributed by atoms with Gasteiger partial charge in [0, 0.05) is 23.1 Å². The lowest BCUT2D eigenvalue weighted by atomic mass is 10.0. The molecule has 2 nitrogen and oxygen atoms in total. The van der Waals surface area contributed by atoms with Gasteiger partial charge in [-0.05, 0) is 51.1 Å². The van der Waals surface area contributed by atoms with Gasteiger partial charge in [-0.3, -0.25) is 0 Å². The van der Waals surface area contributed by atoms with Gasteiger partial charge < -0.3 is 10.6 Å². The van der Waals surface area contributed by atoms with Gasteiger partial charge in [0.05, 0.1) is 0 Å². The highest BCUT2D eigenvalue weighted by Gasteiger charge is 2.15. The highest BCUT2D eigenvalue weighted by Crippen LogP contribution is 2.16. The number of nitrogens with one attached hydrogen (secondary N) is 2. The molecule has 0 aromatic heterocycles. The Morgan fingerprint density at radius 2 is 2.00 bits per heavy atom. The summed E-state index contributed by atoms with van der Waals surface area (Å²) >= 11 is 3.51. The fourth-order valence-corrected chi connectivity index (χ4v) is 2.08. The maximum Gasteiger partial charge on any atom is 0.0252 e. The van der Waals surface area contributed by atoms with Crippen molar-refractivity contribution in [3.05, 3.63) is 33.8 Å². The van der Waals surface area contributed by atoms with Crippen LogP contribution in [0.1, 0.15) is 25.0 Å². The highest BCUT2D eigenvalue weighted by molar-refractivity contribution is 9.10. The first-order chi connectivity index (χ1) is 7.44. The molecule has 90 valence electrons. The molecule has 0 unspecified atom stereocenters. The van der Waals surface area contributed by atoms with Crippen LogP contribution in [0, 0.1) is 6.92 Å². The predicted molar refractivity (Wildman–Crippen MR) is 73.7 cm³/mol. The number of hydrogen-bond donors (Lipinski definition) is 2. The minimum absolute atomic E-state index is 0.115. The van der Waals surface area contributed by atoms with E-state index in [1.165, 1.54) is 11.1 Å². The van der Waals surface area contributed by atoms with Gasteiger partial charge in [-0.2, -0.15) is 0 Å². The molecule has 1 aromatic rings. The molecule has 3 heteroatoms. The normalized spacial score (nSPS) is 11.8. The summed E-state index contributed by atoms with van der Waals surface area (Å²) in [5, 5.41) is 6.76. The molecule has 0 aliphatic carbocycles. The molecule has 0 aliphatic rings. The fourth-order valence-electron chi connectivity index (χ4n) is 1.67. The second-order valence-electron chi connectivity index (χ2n) is 4.84. The van der Waals surface area contributed by atoms with Crippen LogP contribution < -0.4 is 10.6 Å². The molecule has 0 spiro atoms. The molecule has 0 saturated heterocycles. The summed E-state index contributed by atoms with van der Waals surface area (Å²) in [5.74, 6) is 0. The third-order valence-electron chi connectivity index (χ3n) is 2.69. The van der Waals surface area contributed by atoms with Crippen LogP contribution in [0.25, 0.3) is 0 Å². The second kappa shape index (κ2) is 5.80. The Hall–Kier alpha value is -0.380. The topological polar surface area (TPSA) is 24.1 Å². The molecular formula is C13H21BrN2. The van der Waals surface area contributed by atoms with Crippen molar-refractivity contribution in [2.45, 2.75) is 32.9 Å². The van der Waals surface area contributed by atoms with Crippen LogP contribution in [0.4, 0.5) is 0 Å². The molecule has 16 heavy (non-hydrogen) atoms. The predicted octanol–water partition coefficient (Wildman–Crippen LogP) is 2.85. The van der Waals surface area contributed by atoms with Gasteiger partial charge in [-0.1, -0.05) is 22.0 Å². The van der Waals surface area contributed by atoms with E-state index >= 15 is 0 Å². The Labute approximate surface area is 107 Å². The van der Waals surface area contributed by atoms with Crippen LogP contribution in [0.2, 0.25) is 0 Å². The van der Waals surface area contributed by atoms with Crippen molar-refractivity contribution in [3.63, 3.8) is 0 Å². The summed E-state index contributed by atoms with van der Waals surface area (Å²) < 4.78 is 1.14. The van der Waals surface area contributed by atoms with Gasteiger partial charge in [0.1, 0.15) is 0 Å². The Balaban J connectivity index is 2.63. The summed E-state index contributed by atoms with van der Waals surface area (Å²) in [5.41, 5.74) is 2.79. The molecule has 0 atom stereocenters. The number of rotatable bonds is 5. The first kappa shape index (κ1) is 13.7. The Kier molecular flexibility index (Phi) is 4.96. The van der Waals surface area contributed by atoms with E-state index in [1.807, 2.05) is 7.05 Å². The van der Waals surface area contributed by atoms with Crippen molar-refractivity contribution < 1.29 is 0 Å². The Morgan fingerprint density at radius 3 is 2.62 bits per heavy atom. The van der Waals surface area contributed by atoms with Crippen molar-refractivity contribution in [1.29, 1.82) is 0 Å². The molecule has 0 aliphatic heterocycles. The van der Waals surface area contributed by atoms with Gasteiger partial charge in [0.2, 0.25) is 0 Å². The van der Waals surface area contributed by atoms with E-state index < -0.39 is 0 Å². The first-order valence-corrected chi connectivity index (χ1v) is 6.38. The SMILES string of the molecule is CNCC(C)(C)NCc1cc(Br)ccc1C. The van der Waals surface area contributed by atoms with Crippen LogP contribution in [0.5, 0.6) is 0 Å². The smallest absolute Gasteiger partial charge is 0.0252 e. The largest absolute Gasteiger partial charge is 0.318 e. The number of halogens is 1. The van der Waals surface area contributed by atoms with Crippen LogP contribution in [-0.2, 0) is 6.54 Å². The second-order valence-corrected chi connectivity index (χ2v) is 5.75. The molecule has 1 aromatic carbocycles. The maximum atomic E-state index is 3.56.